The smallest absolute Gasteiger partial charge is 0.134 e. The van der Waals surface area contributed by atoms with Crippen molar-refractivity contribution in [3.63, 3.8) is 0 Å². The SMILES string of the molecule is CC1CC1c1nc(Br)cc(Br)n1. The summed E-state index contributed by atoms with van der Waals surface area (Å²) in [5, 5.41) is 0. The van der Waals surface area contributed by atoms with E-state index in [0.717, 1.165) is 20.9 Å². The van der Waals surface area contributed by atoms with E-state index in [-0.39, 0.29) is 0 Å². The Morgan fingerprint density at radius 1 is 1.33 bits per heavy atom. The molecule has 0 spiro atoms. The normalized spacial score (nSPS) is 27.2. The Kier molecular flexibility index (Phi) is 2.21. The van der Waals surface area contributed by atoms with Gasteiger partial charge in [0.05, 0.1) is 0 Å². The van der Waals surface area contributed by atoms with Crippen molar-refractivity contribution in [3.8, 4) is 0 Å². The van der Waals surface area contributed by atoms with Crippen LogP contribution in [0.1, 0.15) is 25.1 Å². The van der Waals surface area contributed by atoms with Crippen molar-refractivity contribution in [2.45, 2.75) is 19.3 Å². The largest absolute Gasteiger partial charge is 0.226 e. The molecule has 2 rings (SSSR count). The molecule has 1 saturated carbocycles. The topological polar surface area (TPSA) is 25.8 Å². The van der Waals surface area contributed by atoms with Gasteiger partial charge in [-0.15, -0.1) is 0 Å². The highest BCUT2D eigenvalue weighted by Gasteiger charge is 2.36. The highest BCUT2D eigenvalue weighted by molar-refractivity contribution is 9.11. The molecule has 1 aromatic heterocycles. The Morgan fingerprint density at radius 3 is 2.25 bits per heavy atom. The van der Waals surface area contributed by atoms with Crippen LogP contribution in [0.2, 0.25) is 0 Å². The van der Waals surface area contributed by atoms with Gasteiger partial charge in [0.25, 0.3) is 0 Å². The van der Waals surface area contributed by atoms with Gasteiger partial charge in [-0.1, -0.05) is 6.92 Å². The molecule has 0 aliphatic heterocycles. The van der Waals surface area contributed by atoms with Gasteiger partial charge in [0.1, 0.15) is 15.0 Å². The average molecular weight is 292 g/mol. The fraction of sp³-hybridized carbons (Fsp3) is 0.500. The Bertz CT molecular complexity index is 294. The second-order valence-corrected chi connectivity index (χ2v) is 4.82. The first-order valence-electron chi connectivity index (χ1n) is 3.87. The number of rotatable bonds is 1. The molecule has 1 aromatic rings. The second kappa shape index (κ2) is 3.07. The zero-order valence-corrected chi connectivity index (χ0v) is 9.76. The zero-order valence-electron chi connectivity index (χ0n) is 6.59. The Labute approximate surface area is 88.1 Å². The van der Waals surface area contributed by atoms with Gasteiger partial charge in [-0.05, 0) is 44.2 Å². The van der Waals surface area contributed by atoms with Gasteiger partial charge in [-0.3, -0.25) is 0 Å². The summed E-state index contributed by atoms with van der Waals surface area (Å²) < 4.78 is 1.72. The Morgan fingerprint density at radius 2 is 1.83 bits per heavy atom. The van der Waals surface area contributed by atoms with Crippen LogP contribution in [0.5, 0.6) is 0 Å². The summed E-state index contributed by atoms with van der Waals surface area (Å²) in [4.78, 5) is 8.64. The van der Waals surface area contributed by atoms with E-state index in [4.69, 9.17) is 0 Å². The molecule has 4 heteroatoms. The first kappa shape index (κ1) is 8.63. The predicted molar refractivity (Wildman–Crippen MR) is 54.0 cm³/mol. The predicted octanol–water partition coefficient (Wildman–Crippen LogP) is 3.13. The van der Waals surface area contributed by atoms with Crippen LogP contribution in [0.4, 0.5) is 0 Å². The third-order valence-electron chi connectivity index (χ3n) is 2.12. The van der Waals surface area contributed by atoms with E-state index in [2.05, 4.69) is 48.8 Å². The van der Waals surface area contributed by atoms with Crippen molar-refractivity contribution in [1.29, 1.82) is 0 Å². The van der Waals surface area contributed by atoms with E-state index in [1.54, 1.807) is 0 Å². The van der Waals surface area contributed by atoms with Crippen LogP contribution in [0.25, 0.3) is 0 Å². The number of aromatic nitrogens is 2. The maximum absolute atomic E-state index is 4.32. The Hall–Kier alpha value is 0.0400. The lowest BCUT2D eigenvalue weighted by Crippen LogP contribution is -1.93. The van der Waals surface area contributed by atoms with Crippen molar-refractivity contribution < 1.29 is 0 Å². The minimum Gasteiger partial charge on any atom is -0.226 e. The van der Waals surface area contributed by atoms with Gasteiger partial charge in [0, 0.05) is 12.0 Å². The monoisotopic (exact) mass is 290 g/mol. The molecule has 0 saturated heterocycles. The highest BCUT2D eigenvalue weighted by atomic mass is 79.9. The maximum Gasteiger partial charge on any atom is 0.134 e. The van der Waals surface area contributed by atoms with E-state index in [9.17, 15) is 0 Å². The lowest BCUT2D eigenvalue weighted by Gasteiger charge is -1.98. The molecule has 1 fully saturated rings. The summed E-state index contributed by atoms with van der Waals surface area (Å²) in [6.07, 6.45) is 1.23. The minimum atomic E-state index is 0.582. The first-order valence-corrected chi connectivity index (χ1v) is 5.45. The fourth-order valence-corrected chi connectivity index (χ4v) is 2.36. The van der Waals surface area contributed by atoms with Crippen molar-refractivity contribution in [2.24, 2.45) is 5.92 Å². The molecule has 64 valence electrons. The summed E-state index contributed by atoms with van der Waals surface area (Å²) in [7, 11) is 0. The van der Waals surface area contributed by atoms with Crippen molar-refractivity contribution in [1.82, 2.24) is 9.97 Å². The van der Waals surface area contributed by atoms with Crippen LogP contribution in [-0.2, 0) is 0 Å². The van der Waals surface area contributed by atoms with Crippen LogP contribution in [0.3, 0.4) is 0 Å². The minimum absolute atomic E-state index is 0.582. The van der Waals surface area contributed by atoms with E-state index in [0.29, 0.717) is 5.92 Å². The summed E-state index contributed by atoms with van der Waals surface area (Å²) in [6, 6.07) is 1.86. The third kappa shape index (κ3) is 1.69. The number of halogens is 2. The molecule has 0 bridgehead atoms. The van der Waals surface area contributed by atoms with Crippen LogP contribution < -0.4 is 0 Å². The van der Waals surface area contributed by atoms with Crippen molar-refractivity contribution in [2.75, 3.05) is 0 Å². The summed E-state index contributed by atoms with van der Waals surface area (Å²) in [5.41, 5.74) is 0. The molecular weight excluding hydrogens is 284 g/mol. The molecule has 1 aliphatic carbocycles. The van der Waals surface area contributed by atoms with Crippen LogP contribution in [-0.4, -0.2) is 9.97 Å². The molecule has 2 unspecified atom stereocenters. The van der Waals surface area contributed by atoms with Gasteiger partial charge >= 0.3 is 0 Å². The molecular formula is C8H8Br2N2. The molecule has 0 amide bonds. The molecule has 0 radical (unpaired) electrons. The first-order chi connectivity index (χ1) is 5.66. The number of nitrogens with zero attached hydrogens (tertiary/aromatic N) is 2. The lowest BCUT2D eigenvalue weighted by atomic mass is 10.3. The maximum atomic E-state index is 4.32. The zero-order chi connectivity index (χ0) is 8.72. The van der Waals surface area contributed by atoms with Crippen LogP contribution >= 0.6 is 31.9 Å². The summed E-state index contributed by atoms with van der Waals surface area (Å²) >= 11 is 6.70. The van der Waals surface area contributed by atoms with Gasteiger partial charge < -0.3 is 0 Å². The molecule has 2 nitrogen and oxygen atoms in total. The molecule has 0 N–H and O–H groups in total. The van der Waals surface area contributed by atoms with E-state index in [1.165, 1.54) is 6.42 Å². The number of hydrogen-bond donors (Lipinski definition) is 0. The molecule has 1 aliphatic rings. The van der Waals surface area contributed by atoms with Crippen LogP contribution in [0.15, 0.2) is 15.3 Å². The number of hydrogen-bond acceptors (Lipinski definition) is 2. The third-order valence-corrected chi connectivity index (χ3v) is 2.93. The van der Waals surface area contributed by atoms with Gasteiger partial charge in [0.2, 0.25) is 0 Å². The van der Waals surface area contributed by atoms with Crippen LogP contribution in [0, 0.1) is 5.92 Å². The molecule has 1 heterocycles. The van der Waals surface area contributed by atoms with Crippen molar-refractivity contribution >= 4 is 31.9 Å². The van der Waals surface area contributed by atoms with Gasteiger partial charge in [0.15, 0.2) is 0 Å². The van der Waals surface area contributed by atoms with E-state index in [1.807, 2.05) is 6.07 Å². The standard InChI is InChI=1S/C8H8Br2N2/c1-4-2-5(4)8-11-6(9)3-7(10)12-8/h3-5H,2H2,1H3. The highest BCUT2D eigenvalue weighted by Crippen LogP contribution is 2.45. The van der Waals surface area contributed by atoms with Crippen molar-refractivity contribution in [3.05, 3.63) is 21.1 Å². The Balaban J connectivity index is 2.32. The van der Waals surface area contributed by atoms with E-state index >= 15 is 0 Å². The molecule has 2 atom stereocenters. The average Bonchev–Trinajstić information content (AvgIpc) is 2.64. The summed E-state index contributed by atoms with van der Waals surface area (Å²) in [5.74, 6) is 2.30. The van der Waals surface area contributed by atoms with Gasteiger partial charge in [-0.25, -0.2) is 9.97 Å². The molecule has 12 heavy (non-hydrogen) atoms. The fourth-order valence-electron chi connectivity index (χ4n) is 1.25. The lowest BCUT2D eigenvalue weighted by molar-refractivity contribution is 0.831. The molecule has 0 aromatic carbocycles. The van der Waals surface area contributed by atoms with Gasteiger partial charge in [-0.2, -0.15) is 0 Å². The summed E-state index contributed by atoms with van der Waals surface area (Å²) in [6.45, 7) is 2.23. The quantitative estimate of drug-likeness (QED) is 0.743. The second-order valence-electron chi connectivity index (χ2n) is 3.19. The van der Waals surface area contributed by atoms with E-state index < -0.39 is 0 Å².